The summed E-state index contributed by atoms with van der Waals surface area (Å²) in [6, 6.07) is 7.13. The third-order valence-electron chi connectivity index (χ3n) is 2.39. The van der Waals surface area contributed by atoms with E-state index < -0.39 is 5.97 Å². The molecule has 0 fully saturated rings. The molecule has 2 rings (SSSR count). The number of rotatable bonds is 3. The van der Waals surface area contributed by atoms with Crippen LogP contribution in [0, 0.1) is 0 Å². The first kappa shape index (κ1) is 15.5. The molecule has 0 unspecified atom stereocenters. The molecule has 2 N–H and O–H groups in total. The molecule has 19 heavy (non-hydrogen) atoms. The summed E-state index contributed by atoms with van der Waals surface area (Å²) in [4.78, 5) is 11.2. The molecule has 0 aliphatic heterocycles. The van der Waals surface area contributed by atoms with Gasteiger partial charge >= 0.3 is 5.97 Å². The highest BCUT2D eigenvalue weighted by Crippen LogP contribution is 2.35. The van der Waals surface area contributed by atoms with E-state index in [-0.39, 0.29) is 0 Å². The number of hydrogen-bond donors (Lipinski definition) is 2. The van der Waals surface area contributed by atoms with E-state index in [2.05, 4.69) is 5.32 Å². The molecule has 0 aliphatic carbocycles. The van der Waals surface area contributed by atoms with E-state index in [0.717, 1.165) is 5.56 Å². The second-order valence-corrected chi connectivity index (χ2v) is 4.73. The molecule has 0 bridgehead atoms. The average Bonchev–Trinajstić information content (AvgIpc) is 2.86. The Labute approximate surface area is 121 Å². The zero-order chi connectivity index (χ0) is 14.4. The van der Waals surface area contributed by atoms with Crippen LogP contribution in [-0.2, 0) is 0 Å². The Morgan fingerprint density at radius 1 is 1.26 bits per heavy atom. The van der Waals surface area contributed by atoms with Gasteiger partial charge in [-0.1, -0.05) is 37.6 Å². The van der Waals surface area contributed by atoms with Gasteiger partial charge in [-0.25, -0.2) is 4.79 Å². The van der Waals surface area contributed by atoms with E-state index in [1.165, 1.54) is 11.3 Å². The molecule has 0 amide bonds. The summed E-state index contributed by atoms with van der Waals surface area (Å²) in [5, 5.41) is 15.2. The van der Waals surface area contributed by atoms with Crippen molar-refractivity contribution < 1.29 is 9.90 Å². The minimum atomic E-state index is -0.930. The summed E-state index contributed by atoms with van der Waals surface area (Å²) in [5.74, 6) is -0.930. The molecular weight excluding hydrogens is 282 g/mol. The topological polar surface area (TPSA) is 49.3 Å². The van der Waals surface area contributed by atoms with E-state index in [1.807, 2.05) is 31.4 Å². The molecule has 2 aromatic rings. The fraction of sp³-hybridized carbons (Fsp3) is 0.214. The third kappa shape index (κ3) is 3.49. The van der Waals surface area contributed by atoms with Crippen LogP contribution in [0.1, 0.15) is 24.2 Å². The number of nitrogens with one attached hydrogen (secondary N) is 1. The molecule has 102 valence electrons. The van der Waals surface area contributed by atoms with Crippen molar-refractivity contribution >= 4 is 33.9 Å². The maximum Gasteiger partial charge on any atom is 0.339 e. The first-order chi connectivity index (χ1) is 9.13. The van der Waals surface area contributed by atoms with Gasteiger partial charge in [-0.15, -0.1) is 11.3 Å². The lowest BCUT2D eigenvalue weighted by atomic mass is 10.0. The lowest BCUT2D eigenvalue weighted by Gasteiger charge is -2.03. The fourth-order valence-electron chi connectivity index (χ4n) is 1.60. The van der Waals surface area contributed by atoms with E-state index >= 15 is 0 Å². The molecule has 0 saturated carbocycles. The number of carboxylic acids is 1. The molecule has 3 nitrogen and oxygen atoms in total. The van der Waals surface area contributed by atoms with Crippen LogP contribution in [0.2, 0.25) is 5.02 Å². The first-order valence-corrected chi connectivity index (χ1v) is 7.17. The van der Waals surface area contributed by atoms with E-state index in [0.29, 0.717) is 21.2 Å². The summed E-state index contributed by atoms with van der Waals surface area (Å²) in [6.45, 7) is 4.00. The van der Waals surface area contributed by atoms with Crippen molar-refractivity contribution in [3.63, 3.8) is 0 Å². The average molecular weight is 298 g/mol. The van der Waals surface area contributed by atoms with Crippen LogP contribution in [0.3, 0.4) is 0 Å². The van der Waals surface area contributed by atoms with Crippen LogP contribution in [0.4, 0.5) is 5.00 Å². The number of carbonyl (C=O) groups is 1. The van der Waals surface area contributed by atoms with Crippen molar-refractivity contribution in [1.82, 2.24) is 0 Å². The van der Waals surface area contributed by atoms with Crippen molar-refractivity contribution in [3.05, 3.63) is 40.2 Å². The molecule has 1 aromatic heterocycles. The fourth-order valence-corrected chi connectivity index (χ4v) is 2.64. The number of halogens is 1. The van der Waals surface area contributed by atoms with Gasteiger partial charge in [0.2, 0.25) is 0 Å². The zero-order valence-electron chi connectivity index (χ0n) is 11.0. The second kappa shape index (κ2) is 7.16. The van der Waals surface area contributed by atoms with Crippen molar-refractivity contribution in [1.29, 1.82) is 0 Å². The molecule has 1 aromatic carbocycles. The van der Waals surface area contributed by atoms with Gasteiger partial charge in [0.15, 0.2) is 0 Å². The monoisotopic (exact) mass is 297 g/mol. The number of thiophene rings is 1. The summed E-state index contributed by atoms with van der Waals surface area (Å²) in [7, 11) is 1.71. The molecular formula is C14H16ClNO2S. The number of aromatic carboxylic acids is 1. The van der Waals surface area contributed by atoms with Gasteiger partial charge in [0.1, 0.15) is 10.6 Å². The lowest BCUT2D eigenvalue weighted by molar-refractivity contribution is 0.0699. The first-order valence-electron chi connectivity index (χ1n) is 5.92. The van der Waals surface area contributed by atoms with Crippen molar-refractivity contribution in [3.8, 4) is 11.1 Å². The number of anilines is 1. The number of hydrogen-bond acceptors (Lipinski definition) is 3. The van der Waals surface area contributed by atoms with Gasteiger partial charge in [0.25, 0.3) is 0 Å². The Hall–Kier alpha value is -1.52. The highest BCUT2D eigenvalue weighted by molar-refractivity contribution is 7.15. The van der Waals surface area contributed by atoms with Crippen LogP contribution >= 0.6 is 22.9 Å². The summed E-state index contributed by atoms with van der Waals surface area (Å²) in [6.07, 6.45) is 0. The molecule has 0 spiro atoms. The molecule has 0 aliphatic rings. The molecule has 5 heteroatoms. The molecule has 1 heterocycles. The maximum atomic E-state index is 11.2. The molecule has 0 radical (unpaired) electrons. The van der Waals surface area contributed by atoms with E-state index in [9.17, 15) is 9.90 Å². The summed E-state index contributed by atoms with van der Waals surface area (Å²) in [5.41, 5.74) is 1.87. The highest BCUT2D eigenvalue weighted by Gasteiger charge is 2.18. The van der Waals surface area contributed by atoms with Crippen LogP contribution in [0.5, 0.6) is 0 Å². The Morgan fingerprint density at radius 2 is 1.84 bits per heavy atom. The summed E-state index contributed by atoms with van der Waals surface area (Å²) < 4.78 is 0. The van der Waals surface area contributed by atoms with E-state index in [4.69, 9.17) is 11.6 Å². The van der Waals surface area contributed by atoms with Crippen LogP contribution in [0.15, 0.2) is 29.6 Å². The van der Waals surface area contributed by atoms with Gasteiger partial charge < -0.3 is 10.4 Å². The van der Waals surface area contributed by atoms with Gasteiger partial charge in [-0.05, 0) is 17.7 Å². The predicted octanol–water partition coefficient (Wildman–Crippen LogP) is 4.83. The standard InChI is InChI=1S/C12H10ClNO2S.C2H6/c1-14-11-10(12(15)16)9(6-17-11)7-2-4-8(13)5-3-7;1-2/h2-6,14H,1H3,(H,15,16);1-2H3. The van der Waals surface area contributed by atoms with Crippen molar-refractivity contribution in [2.75, 3.05) is 12.4 Å². The van der Waals surface area contributed by atoms with Crippen molar-refractivity contribution in [2.45, 2.75) is 13.8 Å². The minimum Gasteiger partial charge on any atom is -0.478 e. The quantitative estimate of drug-likeness (QED) is 0.852. The van der Waals surface area contributed by atoms with Gasteiger partial charge in [-0.3, -0.25) is 0 Å². The lowest BCUT2D eigenvalue weighted by Crippen LogP contribution is -2.00. The Morgan fingerprint density at radius 3 is 2.32 bits per heavy atom. The third-order valence-corrected chi connectivity index (χ3v) is 3.64. The van der Waals surface area contributed by atoms with Gasteiger partial charge in [0.05, 0.1) is 0 Å². The van der Waals surface area contributed by atoms with E-state index in [1.54, 1.807) is 19.2 Å². The Bertz CT molecular complexity index is 549. The number of benzene rings is 1. The maximum absolute atomic E-state index is 11.2. The molecule has 0 saturated heterocycles. The van der Waals surface area contributed by atoms with Crippen LogP contribution in [0.25, 0.3) is 11.1 Å². The highest BCUT2D eigenvalue weighted by atomic mass is 35.5. The predicted molar refractivity (Wildman–Crippen MR) is 82.6 cm³/mol. The number of carboxylic acid groups (broad SMARTS) is 1. The normalized spacial score (nSPS) is 9.47. The Balaban J connectivity index is 0.000000861. The minimum absolute atomic E-state index is 0.305. The largest absolute Gasteiger partial charge is 0.478 e. The van der Waals surface area contributed by atoms with Crippen molar-refractivity contribution in [2.24, 2.45) is 0 Å². The Kier molecular flexibility index (Phi) is 5.86. The SMILES string of the molecule is CC.CNc1scc(-c2ccc(Cl)cc2)c1C(=O)O. The second-order valence-electron chi connectivity index (χ2n) is 3.42. The molecule has 0 atom stereocenters. The van der Waals surface area contributed by atoms with Gasteiger partial charge in [0, 0.05) is 23.0 Å². The smallest absolute Gasteiger partial charge is 0.339 e. The zero-order valence-corrected chi connectivity index (χ0v) is 12.6. The summed E-state index contributed by atoms with van der Waals surface area (Å²) >= 11 is 7.19. The van der Waals surface area contributed by atoms with Gasteiger partial charge in [-0.2, -0.15) is 0 Å². The van der Waals surface area contributed by atoms with Crippen LogP contribution < -0.4 is 5.32 Å². The van der Waals surface area contributed by atoms with Crippen LogP contribution in [-0.4, -0.2) is 18.1 Å².